The summed E-state index contributed by atoms with van der Waals surface area (Å²) in [6.45, 7) is 2.31. The molecule has 2 rings (SSSR count). The van der Waals surface area contributed by atoms with Crippen molar-refractivity contribution in [3.63, 3.8) is 0 Å². The van der Waals surface area contributed by atoms with Crippen molar-refractivity contribution in [1.29, 1.82) is 0 Å². The molecular weight excluding hydrogens is 308 g/mol. The van der Waals surface area contributed by atoms with Crippen LogP contribution in [0.5, 0.6) is 5.75 Å². The molecule has 0 aliphatic rings. The second kappa shape index (κ2) is 8.60. The highest BCUT2D eigenvalue weighted by Gasteiger charge is 2.15. The number of hydrogen-bond donors (Lipinski definition) is 2. The lowest BCUT2D eigenvalue weighted by molar-refractivity contribution is -0.120. The Bertz CT molecular complexity index is 617. The summed E-state index contributed by atoms with van der Waals surface area (Å²) in [5.74, 6) is 0.789. The molecule has 5 heteroatoms. The van der Waals surface area contributed by atoms with E-state index >= 15 is 0 Å². The van der Waals surface area contributed by atoms with Crippen molar-refractivity contribution >= 4 is 17.7 Å². The van der Waals surface area contributed by atoms with Crippen molar-refractivity contribution in [3.8, 4) is 5.75 Å². The number of methoxy groups -OCH3 is 1. The van der Waals surface area contributed by atoms with Gasteiger partial charge in [-0.3, -0.25) is 4.79 Å². The minimum atomic E-state index is -0.196. The molecule has 2 aromatic carbocycles. The highest BCUT2D eigenvalue weighted by molar-refractivity contribution is 8.00. The molecule has 3 N–H and O–H groups in total. The molecule has 0 fully saturated rings. The third kappa shape index (κ3) is 5.30. The van der Waals surface area contributed by atoms with Crippen LogP contribution >= 0.6 is 11.8 Å². The summed E-state index contributed by atoms with van der Waals surface area (Å²) in [7, 11) is 1.63. The maximum Gasteiger partial charge on any atom is 0.233 e. The molecule has 4 nitrogen and oxygen atoms in total. The Morgan fingerprint density at radius 2 is 1.83 bits per heavy atom. The van der Waals surface area contributed by atoms with Gasteiger partial charge in [-0.25, -0.2) is 0 Å². The zero-order chi connectivity index (χ0) is 16.7. The standard InChI is InChI=1S/C18H22N2O2S/c1-13(23-16-10-8-15(22-2)9-11-16)18(21)20-12-17(19)14-6-4-3-5-7-14/h3-11,13,17H,12,19H2,1-2H3,(H,20,21). The molecule has 0 aromatic heterocycles. The second-order valence-corrected chi connectivity index (χ2v) is 6.61. The van der Waals surface area contributed by atoms with Crippen LogP contribution in [0.3, 0.4) is 0 Å². The molecule has 0 heterocycles. The smallest absolute Gasteiger partial charge is 0.233 e. The number of carbonyl (C=O) groups is 1. The lowest BCUT2D eigenvalue weighted by atomic mass is 10.1. The van der Waals surface area contributed by atoms with Gasteiger partial charge in [0.15, 0.2) is 0 Å². The van der Waals surface area contributed by atoms with Crippen molar-refractivity contribution in [2.45, 2.75) is 23.1 Å². The maximum atomic E-state index is 12.2. The molecule has 0 radical (unpaired) electrons. The van der Waals surface area contributed by atoms with Gasteiger partial charge in [-0.1, -0.05) is 30.3 Å². The third-order valence-corrected chi connectivity index (χ3v) is 4.58. The molecule has 1 amide bonds. The van der Waals surface area contributed by atoms with Crippen molar-refractivity contribution < 1.29 is 9.53 Å². The van der Waals surface area contributed by atoms with Crippen molar-refractivity contribution in [2.24, 2.45) is 5.73 Å². The molecule has 0 aliphatic heterocycles. The number of ether oxygens (including phenoxy) is 1. The van der Waals surface area contributed by atoms with E-state index in [-0.39, 0.29) is 17.2 Å². The van der Waals surface area contributed by atoms with E-state index in [1.54, 1.807) is 7.11 Å². The lowest BCUT2D eigenvalue weighted by Gasteiger charge is -2.16. The number of carbonyl (C=O) groups excluding carboxylic acids is 1. The van der Waals surface area contributed by atoms with E-state index in [4.69, 9.17) is 10.5 Å². The fraction of sp³-hybridized carbons (Fsp3) is 0.278. The minimum absolute atomic E-state index is 0.0165. The molecule has 2 atom stereocenters. The quantitative estimate of drug-likeness (QED) is 0.766. The van der Waals surface area contributed by atoms with E-state index in [1.165, 1.54) is 11.8 Å². The summed E-state index contributed by atoms with van der Waals surface area (Å²) in [6, 6.07) is 17.2. The molecule has 2 aromatic rings. The van der Waals surface area contributed by atoms with Gasteiger partial charge in [-0.15, -0.1) is 11.8 Å². The van der Waals surface area contributed by atoms with Crippen LogP contribution in [0.2, 0.25) is 0 Å². The molecule has 0 aliphatic carbocycles. The van der Waals surface area contributed by atoms with Gasteiger partial charge < -0.3 is 15.8 Å². The number of rotatable bonds is 7. The first-order chi connectivity index (χ1) is 11.1. The van der Waals surface area contributed by atoms with Crippen LogP contribution in [0, 0.1) is 0 Å². The molecule has 0 saturated heterocycles. The van der Waals surface area contributed by atoms with Gasteiger partial charge in [0.1, 0.15) is 5.75 Å². The Kier molecular flexibility index (Phi) is 6.50. The number of hydrogen-bond acceptors (Lipinski definition) is 4. The summed E-state index contributed by atoms with van der Waals surface area (Å²) in [5.41, 5.74) is 7.11. The minimum Gasteiger partial charge on any atom is -0.497 e. The Morgan fingerprint density at radius 3 is 2.43 bits per heavy atom. The molecule has 0 bridgehead atoms. The Labute approximate surface area is 141 Å². The zero-order valence-corrected chi connectivity index (χ0v) is 14.2. The van der Waals surface area contributed by atoms with Crippen molar-refractivity contribution in [2.75, 3.05) is 13.7 Å². The Morgan fingerprint density at radius 1 is 1.17 bits per heavy atom. The van der Waals surface area contributed by atoms with Gasteiger partial charge in [0, 0.05) is 17.5 Å². The first kappa shape index (κ1) is 17.4. The van der Waals surface area contributed by atoms with Gasteiger partial charge in [0.05, 0.1) is 12.4 Å². The molecule has 122 valence electrons. The molecule has 0 spiro atoms. The van der Waals surface area contributed by atoms with Crippen LogP contribution in [0.15, 0.2) is 59.5 Å². The first-order valence-corrected chi connectivity index (χ1v) is 8.37. The van der Waals surface area contributed by atoms with Gasteiger partial charge in [0.25, 0.3) is 0 Å². The summed E-state index contributed by atoms with van der Waals surface area (Å²) >= 11 is 1.51. The van der Waals surface area contributed by atoms with E-state index < -0.39 is 0 Å². The number of amides is 1. The van der Waals surface area contributed by atoms with Crippen LogP contribution < -0.4 is 15.8 Å². The largest absolute Gasteiger partial charge is 0.497 e. The average Bonchev–Trinajstić information content (AvgIpc) is 2.60. The average molecular weight is 330 g/mol. The monoisotopic (exact) mass is 330 g/mol. The summed E-state index contributed by atoms with van der Waals surface area (Å²) in [4.78, 5) is 13.2. The highest BCUT2D eigenvalue weighted by atomic mass is 32.2. The highest BCUT2D eigenvalue weighted by Crippen LogP contribution is 2.25. The number of nitrogens with one attached hydrogen (secondary N) is 1. The molecule has 0 saturated carbocycles. The van der Waals surface area contributed by atoms with E-state index in [9.17, 15) is 4.79 Å². The van der Waals surface area contributed by atoms with E-state index in [0.29, 0.717) is 6.54 Å². The zero-order valence-electron chi connectivity index (χ0n) is 13.4. The topological polar surface area (TPSA) is 64.3 Å². The Balaban J connectivity index is 1.82. The van der Waals surface area contributed by atoms with Gasteiger partial charge in [0.2, 0.25) is 5.91 Å². The number of nitrogens with two attached hydrogens (primary N) is 1. The number of thioether (sulfide) groups is 1. The summed E-state index contributed by atoms with van der Waals surface area (Å²) in [5, 5.41) is 2.73. The van der Waals surface area contributed by atoms with Crippen LogP contribution in [0.4, 0.5) is 0 Å². The predicted molar refractivity (Wildman–Crippen MR) is 94.7 cm³/mol. The van der Waals surface area contributed by atoms with Crippen molar-refractivity contribution in [3.05, 3.63) is 60.2 Å². The molecular formula is C18H22N2O2S. The van der Waals surface area contributed by atoms with Gasteiger partial charge >= 0.3 is 0 Å². The van der Waals surface area contributed by atoms with Crippen molar-refractivity contribution in [1.82, 2.24) is 5.32 Å². The van der Waals surface area contributed by atoms with Gasteiger partial charge in [-0.05, 0) is 36.8 Å². The fourth-order valence-electron chi connectivity index (χ4n) is 2.08. The van der Waals surface area contributed by atoms with Crippen LogP contribution in [0.1, 0.15) is 18.5 Å². The maximum absolute atomic E-state index is 12.2. The van der Waals surface area contributed by atoms with E-state index in [0.717, 1.165) is 16.2 Å². The SMILES string of the molecule is COc1ccc(SC(C)C(=O)NCC(N)c2ccccc2)cc1. The van der Waals surface area contributed by atoms with E-state index in [1.807, 2.05) is 61.5 Å². The fourth-order valence-corrected chi connectivity index (χ4v) is 2.98. The summed E-state index contributed by atoms with van der Waals surface area (Å²) < 4.78 is 5.13. The normalized spacial score (nSPS) is 13.2. The van der Waals surface area contributed by atoms with Crippen LogP contribution in [-0.4, -0.2) is 24.8 Å². The van der Waals surface area contributed by atoms with Crippen LogP contribution in [-0.2, 0) is 4.79 Å². The van der Waals surface area contributed by atoms with Crippen LogP contribution in [0.25, 0.3) is 0 Å². The molecule has 23 heavy (non-hydrogen) atoms. The number of benzene rings is 2. The molecule has 2 unspecified atom stereocenters. The predicted octanol–water partition coefficient (Wildman–Crippen LogP) is 2.99. The first-order valence-electron chi connectivity index (χ1n) is 7.49. The van der Waals surface area contributed by atoms with E-state index in [2.05, 4.69) is 5.32 Å². The summed E-state index contributed by atoms with van der Waals surface area (Å²) in [6.07, 6.45) is 0. The Hall–Kier alpha value is -1.98. The lowest BCUT2D eigenvalue weighted by Crippen LogP contribution is -2.36. The third-order valence-electron chi connectivity index (χ3n) is 3.47. The second-order valence-electron chi connectivity index (χ2n) is 5.20. The van der Waals surface area contributed by atoms with Gasteiger partial charge in [-0.2, -0.15) is 0 Å².